The van der Waals surface area contributed by atoms with E-state index in [4.69, 9.17) is 15.9 Å². The molecule has 1 aliphatic rings. The third kappa shape index (κ3) is 8.78. The van der Waals surface area contributed by atoms with Crippen molar-refractivity contribution >= 4 is 17.8 Å². The van der Waals surface area contributed by atoms with E-state index in [1.807, 2.05) is 6.92 Å². The SMILES string of the molecule is CC(N)C1CCCCNC1=O.O=C(O)/C=C/C(=O)O. The Morgan fingerprint density at radius 1 is 1.32 bits per heavy atom. The van der Waals surface area contributed by atoms with Crippen LogP contribution in [0.5, 0.6) is 0 Å². The number of carbonyl (C=O) groups excluding carboxylic acids is 1. The van der Waals surface area contributed by atoms with Crippen LogP contribution in [0.3, 0.4) is 0 Å². The molecular weight excluding hydrogens is 252 g/mol. The van der Waals surface area contributed by atoms with Crippen LogP contribution in [-0.2, 0) is 14.4 Å². The fraction of sp³-hybridized carbons (Fsp3) is 0.583. The summed E-state index contributed by atoms with van der Waals surface area (Å²) in [4.78, 5) is 30.4. The van der Waals surface area contributed by atoms with E-state index < -0.39 is 11.9 Å². The molecule has 1 fully saturated rings. The number of amides is 1. The summed E-state index contributed by atoms with van der Waals surface area (Å²) in [6.07, 6.45) is 4.27. The topological polar surface area (TPSA) is 130 Å². The van der Waals surface area contributed by atoms with Crippen molar-refractivity contribution in [3.05, 3.63) is 12.2 Å². The summed E-state index contributed by atoms with van der Waals surface area (Å²) in [6.45, 7) is 2.72. The number of hydrogen-bond donors (Lipinski definition) is 4. The molecule has 5 N–H and O–H groups in total. The van der Waals surface area contributed by atoms with Gasteiger partial charge in [0.2, 0.25) is 5.91 Å². The van der Waals surface area contributed by atoms with Crippen LogP contribution in [0, 0.1) is 5.92 Å². The molecule has 1 heterocycles. The van der Waals surface area contributed by atoms with Gasteiger partial charge in [0.15, 0.2) is 0 Å². The smallest absolute Gasteiger partial charge is 0.328 e. The average Bonchev–Trinajstić information content (AvgIpc) is 2.52. The predicted molar refractivity (Wildman–Crippen MR) is 68.4 cm³/mol. The molecule has 1 amide bonds. The standard InChI is InChI=1S/C8H16N2O.C4H4O4/c1-6(9)7-4-2-3-5-10-8(7)11;5-3(6)1-2-4(7)8/h6-7H,2-5,9H2,1H3,(H,10,11);1-2H,(H,5,6)(H,7,8)/b;2-1+. The lowest BCUT2D eigenvalue weighted by molar-refractivity contribution is -0.134. The van der Waals surface area contributed by atoms with Crippen LogP contribution in [0.1, 0.15) is 26.2 Å². The van der Waals surface area contributed by atoms with Gasteiger partial charge < -0.3 is 21.3 Å². The summed E-state index contributed by atoms with van der Waals surface area (Å²) >= 11 is 0. The van der Waals surface area contributed by atoms with Crippen LogP contribution in [0.25, 0.3) is 0 Å². The lowest BCUT2D eigenvalue weighted by Gasteiger charge is -2.16. The zero-order chi connectivity index (χ0) is 14.8. The van der Waals surface area contributed by atoms with Crippen LogP contribution < -0.4 is 11.1 Å². The van der Waals surface area contributed by atoms with Gasteiger partial charge in [-0.3, -0.25) is 4.79 Å². The third-order valence-electron chi connectivity index (χ3n) is 2.58. The Balaban J connectivity index is 0.000000362. The first kappa shape index (κ1) is 17.1. The monoisotopic (exact) mass is 272 g/mol. The van der Waals surface area contributed by atoms with Crippen molar-refractivity contribution in [2.75, 3.05) is 6.54 Å². The summed E-state index contributed by atoms with van der Waals surface area (Å²) in [7, 11) is 0. The summed E-state index contributed by atoms with van der Waals surface area (Å²) in [5, 5.41) is 18.5. The van der Waals surface area contributed by atoms with Crippen LogP contribution >= 0.6 is 0 Å². The third-order valence-corrected chi connectivity index (χ3v) is 2.58. The van der Waals surface area contributed by atoms with Crippen LogP contribution in [0.4, 0.5) is 0 Å². The summed E-state index contributed by atoms with van der Waals surface area (Å²) in [5.74, 6) is -2.34. The largest absolute Gasteiger partial charge is 0.478 e. The molecule has 0 saturated carbocycles. The highest BCUT2D eigenvalue weighted by Gasteiger charge is 2.23. The Morgan fingerprint density at radius 2 is 1.84 bits per heavy atom. The number of aliphatic carboxylic acids is 2. The Kier molecular flexibility index (Phi) is 8.19. The van der Waals surface area contributed by atoms with Gasteiger partial charge in [0.25, 0.3) is 0 Å². The number of carbonyl (C=O) groups is 3. The maximum atomic E-state index is 11.3. The molecule has 0 bridgehead atoms. The van der Waals surface area contributed by atoms with Gasteiger partial charge in [-0.15, -0.1) is 0 Å². The number of rotatable bonds is 3. The Labute approximate surface area is 111 Å². The van der Waals surface area contributed by atoms with E-state index in [2.05, 4.69) is 5.32 Å². The highest BCUT2D eigenvalue weighted by atomic mass is 16.4. The second-order valence-electron chi connectivity index (χ2n) is 4.26. The van der Waals surface area contributed by atoms with Gasteiger partial charge in [-0.1, -0.05) is 6.42 Å². The van der Waals surface area contributed by atoms with Crippen LogP contribution in [-0.4, -0.2) is 40.6 Å². The molecule has 7 heteroatoms. The lowest BCUT2D eigenvalue weighted by atomic mass is 9.96. The molecule has 0 aromatic carbocycles. The molecular formula is C12H20N2O5. The van der Waals surface area contributed by atoms with E-state index in [0.717, 1.165) is 25.8 Å². The molecule has 1 rings (SSSR count). The van der Waals surface area contributed by atoms with Gasteiger partial charge in [-0.25, -0.2) is 9.59 Å². The van der Waals surface area contributed by atoms with Crippen LogP contribution in [0.15, 0.2) is 12.2 Å². The normalized spacial score (nSPS) is 20.7. The number of hydrogen-bond acceptors (Lipinski definition) is 4. The molecule has 0 aromatic rings. The fourth-order valence-electron chi connectivity index (χ4n) is 1.61. The number of carboxylic acid groups (broad SMARTS) is 2. The van der Waals surface area contributed by atoms with Crippen molar-refractivity contribution < 1.29 is 24.6 Å². The summed E-state index contributed by atoms with van der Waals surface area (Å²) in [5.41, 5.74) is 5.67. The van der Waals surface area contributed by atoms with Crippen molar-refractivity contribution in [3.63, 3.8) is 0 Å². The molecule has 0 aliphatic carbocycles. The van der Waals surface area contributed by atoms with E-state index >= 15 is 0 Å². The minimum absolute atomic E-state index is 0.00639. The molecule has 0 radical (unpaired) electrons. The Morgan fingerprint density at radius 3 is 2.26 bits per heavy atom. The molecule has 7 nitrogen and oxygen atoms in total. The second-order valence-corrected chi connectivity index (χ2v) is 4.26. The predicted octanol–water partition coefficient (Wildman–Crippen LogP) is -0.0383. The Hall–Kier alpha value is -1.89. The highest BCUT2D eigenvalue weighted by molar-refractivity contribution is 5.89. The van der Waals surface area contributed by atoms with Crippen molar-refractivity contribution in [1.82, 2.24) is 5.32 Å². The minimum Gasteiger partial charge on any atom is -0.478 e. The molecule has 108 valence electrons. The maximum absolute atomic E-state index is 11.3. The van der Waals surface area contributed by atoms with Gasteiger partial charge >= 0.3 is 11.9 Å². The number of carboxylic acids is 2. The van der Waals surface area contributed by atoms with E-state index in [-0.39, 0.29) is 17.9 Å². The van der Waals surface area contributed by atoms with Gasteiger partial charge in [-0.05, 0) is 19.8 Å². The highest BCUT2D eigenvalue weighted by Crippen LogP contribution is 2.14. The zero-order valence-corrected chi connectivity index (χ0v) is 10.8. The quantitative estimate of drug-likeness (QED) is 0.533. The van der Waals surface area contributed by atoms with Crippen molar-refractivity contribution in [1.29, 1.82) is 0 Å². The number of nitrogens with two attached hydrogens (primary N) is 1. The van der Waals surface area contributed by atoms with Gasteiger partial charge in [0.1, 0.15) is 0 Å². The summed E-state index contributed by atoms with van der Waals surface area (Å²) in [6, 6.07) is -0.00639. The summed E-state index contributed by atoms with van der Waals surface area (Å²) < 4.78 is 0. The van der Waals surface area contributed by atoms with Crippen molar-refractivity contribution in [2.24, 2.45) is 11.7 Å². The fourth-order valence-corrected chi connectivity index (χ4v) is 1.61. The molecule has 1 saturated heterocycles. The first-order valence-electron chi connectivity index (χ1n) is 6.01. The van der Waals surface area contributed by atoms with Crippen LogP contribution in [0.2, 0.25) is 0 Å². The van der Waals surface area contributed by atoms with Crippen molar-refractivity contribution in [3.8, 4) is 0 Å². The maximum Gasteiger partial charge on any atom is 0.328 e. The van der Waals surface area contributed by atoms with Gasteiger partial charge in [0.05, 0.1) is 5.92 Å². The number of nitrogens with one attached hydrogen (secondary N) is 1. The second kappa shape index (κ2) is 9.09. The zero-order valence-electron chi connectivity index (χ0n) is 10.8. The first-order valence-corrected chi connectivity index (χ1v) is 6.01. The minimum atomic E-state index is -1.26. The average molecular weight is 272 g/mol. The molecule has 0 aromatic heterocycles. The van der Waals surface area contributed by atoms with E-state index in [9.17, 15) is 14.4 Å². The van der Waals surface area contributed by atoms with E-state index in [0.29, 0.717) is 12.2 Å². The molecule has 2 unspecified atom stereocenters. The Bertz CT molecular complexity index is 336. The molecule has 2 atom stereocenters. The molecule has 1 aliphatic heterocycles. The van der Waals surface area contributed by atoms with E-state index in [1.54, 1.807) is 0 Å². The molecule has 0 spiro atoms. The van der Waals surface area contributed by atoms with Gasteiger partial charge in [0, 0.05) is 24.7 Å². The first-order chi connectivity index (χ1) is 8.84. The van der Waals surface area contributed by atoms with Gasteiger partial charge in [-0.2, -0.15) is 0 Å². The lowest BCUT2D eigenvalue weighted by Crippen LogP contribution is -2.38. The van der Waals surface area contributed by atoms with E-state index in [1.165, 1.54) is 0 Å². The molecule has 19 heavy (non-hydrogen) atoms. The van der Waals surface area contributed by atoms with Crippen molar-refractivity contribution in [2.45, 2.75) is 32.2 Å².